The topological polar surface area (TPSA) is 76.1 Å². The van der Waals surface area contributed by atoms with E-state index in [-0.39, 0.29) is 17.6 Å². The maximum Gasteiger partial charge on any atom is 0.272 e. The summed E-state index contributed by atoms with van der Waals surface area (Å²) in [6, 6.07) is 1.86. The van der Waals surface area contributed by atoms with Crippen molar-refractivity contribution in [2.24, 2.45) is 0 Å². The molecule has 0 spiro atoms. The molecular weight excluding hydrogens is 346 g/mol. The average molecular weight is 367 g/mol. The molecule has 2 N–H and O–H groups in total. The molecule has 0 radical (unpaired) electrons. The van der Waals surface area contributed by atoms with Gasteiger partial charge in [-0.3, -0.25) is 14.2 Å². The molecule has 1 aliphatic heterocycles. The molecule has 130 valence electrons. The summed E-state index contributed by atoms with van der Waals surface area (Å²) in [6.07, 6.45) is 4.18. The summed E-state index contributed by atoms with van der Waals surface area (Å²) in [5.41, 5.74) is 0.742. The summed E-state index contributed by atoms with van der Waals surface area (Å²) < 4.78 is 8.19. The summed E-state index contributed by atoms with van der Waals surface area (Å²) in [7, 11) is 0. The molecule has 0 bridgehead atoms. The largest absolute Gasteiger partial charge is 0.376 e. The second-order valence-electron chi connectivity index (χ2n) is 5.95. The molecule has 8 heteroatoms. The number of H-pyrrole nitrogens is 1. The van der Waals surface area contributed by atoms with Crippen LogP contribution in [0.5, 0.6) is 0 Å². The van der Waals surface area contributed by atoms with E-state index in [2.05, 4.69) is 10.3 Å². The first-order valence-corrected chi connectivity index (χ1v) is 9.52. The van der Waals surface area contributed by atoms with Gasteiger partial charge in [0.25, 0.3) is 5.56 Å². The highest BCUT2D eigenvalue weighted by atomic mass is 32.1. The number of aromatic nitrogens is 2. The number of ether oxygens (including phenoxy) is 1. The monoisotopic (exact) mass is 367 g/mol. The second kappa shape index (κ2) is 8.04. The molecule has 0 saturated carbocycles. The van der Waals surface area contributed by atoms with E-state index in [4.69, 9.17) is 17.0 Å². The fourth-order valence-electron chi connectivity index (χ4n) is 2.85. The van der Waals surface area contributed by atoms with Crippen molar-refractivity contribution in [2.45, 2.75) is 44.8 Å². The number of carbonyl (C=O) groups excluding carboxylic acids is 1. The van der Waals surface area contributed by atoms with E-state index < -0.39 is 0 Å². The van der Waals surface area contributed by atoms with E-state index >= 15 is 0 Å². The number of carbonyl (C=O) groups is 1. The molecule has 0 aromatic carbocycles. The zero-order valence-electron chi connectivity index (χ0n) is 13.4. The Labute approximate surface area is 148 Å². The molecule has 1 fully saturated rings. The number of thiophene rings is 1. The molecule has 1 saturated heterocycles. The maximum absolute atomic E-state index is 12.4. The zero-order chi connectivity index (χ0) is 16.9. The van der Waals surface area contributed by atoms with Gasteiger partial charge in [0.15, 0.2) is 4.77 Å². The minimum Gasteiger partial charge on any atom is -0.376 e. The lowest BCUT2D eigenvalue weighted by Gasteiger charge is -2.11. The Morgan fingerprint density at radius 2 is 2.38 bits per heavy atom. The van der Waals surface area contributed by atoms with Crippen LogP contribution in [0.15, 0.2) is 16.2 Å². The Morgan fingerprint density at radius 1 is 1.50 bits per heavy atom. The third-order valence-corrected chi connectivity index (χ3v) is 5.40. The standard InChI is InChI=1S/C16H21N3O3S2/c20-13(17-10-11-4-3-8-22-11)5-1-2-7-19-15(21)14-12(6-9-24-14)18-16(19)23/h6,9,11H,1-5,7-8,10H2,(H,17,20)(H,18,23)/t11-/m0/s1. The van der Waals surface area contributed by atoms with Gasteiger partial charge >= 0.3 is 0 Å². The van der Waals surface area contributed by atoms with E-state index in [1.54, 1.807) is 4.57 Å². The molecule has 0 unspecified atom stereocenters. The van der Waals surface area contributed by atoms with E-state index in [1.807, 2.05) is 11.4 Å². The summed E-state index contributed by atoms with van der Waals surface area (Å²) in [4.78, 5) is 27.3. The van der Waals surface area contributed by atoms with Crippen LogP contribution in [0.4, 0.5) is 0 Å². The number of amides is 1. The van der Waals surface area contributed by atoms with Gasteiger partial charge in [-0.15, -0.1) is 11.3 Å². The Hall–Kier alpha value is -1.51. The maximum atomic E-state index is 12.4. The van der Waals surface area contributed by atoms with Gasteiger partial charge in [0.1, 0.15) is 4.70 Å². The number of nitrogens with one attached hydrogen (secondary N) is 2. The summed E-state index contributed by atoms with van der Waals surface area (Å²) in [5.74, 6) is 0.0386. The van der Waals surface area contributed by atoms with Crippen LogP contribution >= 0.6 is 23.6 Å². The third kappa shape index (κ3) is 4.12. The Morgan fingerprint density at radius 3 is 3.17 bits per heavy atom. The smallest absolute Gasteiger partial charge is 0.272 e. The van der Waals surface area contributed by atoms with Crippen molar-refractivity contribution in [3.63, 3.8) is 0 Å². The van der Waals surface area contributed by atoms with Crippen molar-refractivity contribution in [1.82, 2.24) is 14.9 Å². The Bertz CT molecular complexity index is 818. The van der Waals surface area contributed by atoms with Crippen LogP contribution in [-0.4, -0.2) is 34.7 Å². The van der Waals surface area contributed by atoms with E-state index in [1.165, 1.54) is 11.3 Å². The minimum atomic E-state index is -0.0495. The molecule has 1 aliphatic rings. The molecule has 6 nitrogen and oxygen atoms in total. The van der Waals surface area contributed by atoms with Crippen molar-refractivity contribution in [2.75, 3.05) is 13.2 Å². The van der Waals surface area contributed by atoms with Crippen LogP contribution in [0.2, 0.25) is 0 Å². The molecular formula is C16H21N3O3S2. The first-order valence-electron chi connectivity index (χ1n) is 8.24. The van der Waals surface area contributed by atoms with Gasteiger partial charge in [0, 0.05) is 26.1 Å². The normalized spacial score (nSPS) is 17.4. The van der Waals surface area contributed by atoms with Crippen molar-refractivity contribution < 1.29 is 9.53 Å². The zero-order valence-corrected chi connectivity index (χ0v) is 15.0. The summed E-state index contributed by atoms with van der Waals surface area (Å²) in [5, 5.41) is 4.78. The number of fused-ring (bicyclic) bond motifs is 1. The first-order chi connectivity index (χ1) is 11.6. The van der Waals surface area contributed by atoms with Crippen molar-refractivity contribution in [1.29, 1.82) is 0 Å². The van der Waals surface area contributed by atoms with Gasteiger partial charge in [-0.05, 0) is 49.3 Å². The van der Waals surface area contributed by atoms with Gasteiger partial charge in [-0.25, -0.2) is 0 Å². The first kappa shape index (κ1) is 17.3. The lowest BCUT2D eigenvalue weighted by Crippen LogP contribution is -2.31. The van der Waals surface area contributed by atoms with Crippen LogP contribution < -0.4 is 10.9 Å². The number of nitrogens with zero attached hydrogens (tertiary/aromatic N) is 1. The van der Waals surface area contributed by atoms with E-state index in [0.29, 0.717) is 29.0 Å². The van der Waals surface area contributed by atoms with Gasteiger partial charge in [0.2, 0.25) is 5.91 Å². The molecule has 3 rings (SSSR count). The van der Waals surface area contributed by atoms with Gasteiger partial charge in [-0.2, -0.15) is 0 Å². The highest BCUT2D eigenvalue weighted by Crippen LogP contribution is 2.14. The predicted molar refractivity (Wildman–Crippen MR) is 97.1 cm³/mol. The second-order valence-corrected chi connectivity index (χ2v) is 7.25. The Balaban J connectivity index is 1.45. The molecule has 2 aromatic heterocycles. The predicted octanol–water partition coefficient (Wildman–Crippen LogP) is 2.59. The highest BCUT2D eigenvalue weighted by Gasteiger charge is 2.15. The lowest BCUT2D eigenvalue weighted by atomic mass is 10.2. The molecule has 2 aromatic rings. The fraction of sp³-hybridized carbons (Fsp3) is 0.562. The number of rotatable bonds is 7. The molecule has 1 amide bonds. The molecule has 0 aliphatic carbocycles. The van der Waals surface area contributed by atoms with Crippen molar-refractivity contribution >= 4 is 39.7 Å². The minimum absolute atomic E-state index is 0.0386. The molecule has 3 heterocycles. The van der Waals surface area contributed by atoms with E-state index in [0.717, 1.165) is 37.8 Å². The number of unbranched alkanes of at least 4 members (excludes halogenated alkanes) is 1. The van der Waals surface area contributed by atoms with Gasteiger partial charge < -0.3 is 15.0 Å². The highest BCUT2D eigenvalue weighted by molar-refractivity contribution is 7.71. The average Bonchev–Trinajstić information content (AvgIpc) is 3.23. The van der Waals surface area contributed by atoms with Crippen LogP contribution in [-0.2, 0) is 16.1 Å². The quantitative estimate of drug-likeness (QED) is 0.583. The molecule has 1 atom stereocenters. The van der Waals surface area contributed by atoms with Gasteiger partial charge in [0.05, 0.1) is 11.6 Å². The third-order valence-electron chi connectivity index (χ3n) is 4.18. The van der Waals surface area contributed by atoms with Crippen molar-refractivity contribution in [3.8, 4) is 0 Å². The SMILES string of the molecule is O=C(CCCCn1c(=S)[nH]c2ccsc2c1=O)NC[C@@H]1CCCO1. The molecule has 24 heavy (non-hydrogen) atoms. The Kier molecular flexibility index (Phi) is 5.80. The van der Waals surface area contributed by atoms with Crippen LogP contribution in [0.3, 0.4) is 0 Å². The number of hydrogen-bond acceptors (Lipinski definition) is 5. The van der Waals surface area contributed by atoms with Gasteiger partial charge in [-0.1, -0.05) is 0 Å². The fourth-order valence-corrected chi connectivity index (χ4v) is 3.93. The number of hydrogen-bond donors (Lipinski definition) is 2. The van der Waals surface area contributed by atoms with Crippen LogP contribution in [0, 0.1) is 4.77 Å². The lowest BCUT2D eigenvalue weighted by molar-refractivity contribution is -0.121. The summed E-state index contributed by atoms with van der Waals surface area (Å²) in [6.45, 7) is 1.92. The van der Waals surface area contributed by atoms with Crippen LogP contribution in [0.25, 0.3) is 10.2 Å². The van der Waals surface area contributed by atoms with Crippen molar-refractivity contribution in [3.05, 3.63) is 26.6 Å². The van der Waals surface area contributed by atoms with Crippen LogP contribution in [0.1, 0.15) is 32.1 Å². The van der Waals surface area contributed by atoms with E-state index in [9.17, 15) is 9.59 Å². The number of aromatic amines is 1. The summed E-state index contributed by atoms with van der Waals surface area (Å²) >= 11 is 6.67.